The van der Waals surface area contributed by atoms with Gasteiger partial charge < -0.3 is 5.53 Å². The number of nitrogens with zero attached hydrogens (tertiary/aromatic N) is 2. The molecular weight excluding hydrogens is 208 g/mol. The van der Waals surface area contributed by atoms with Gasteiger partial charge in [-0.15, -0.1) is 0 Å². The monoisotopic (exact) mass is 220 g/mol. The lowest BCUT2D eigenvalue weighted by Crippen LogP contribution is -1.99. The predicted octanol–water partition coefficient (Wildman–Crippen LogP) is 3.30. The van der Waals surface area contributed by atoms with Crippen LogP contribution in [0, 0.1) is 0 Å². The number of hydrogen-bond acceptors (Lipinski definition) is 0. The molecule has 2 aromatic carbocycles. The summed E-state index contributed by atoms with van der Waals surface area (Å²) in [5.41, 5.74) is 15.5. The molecule has 0 aromatic heterocycles. The van der Waals surface area contributed by atoms with Gasteiger partial charge in [0, 0.05) is 0 Å². The minimum Gasteiger partial charge on any atom is -0.361 e. The Morgan fingerprint density at radius 3 is 2.35 bits per heavy atom. The van der Waals surface area contributed by atoms with Crippen molar-refractivity contribution in [3.05, 3.63) is 64.7 Å². The maximum absolute atomic E-state index is 9.21. The van der Waals surface area contributed by atoms with Crippen LogP contribution >= 0.6 is 0 Å². The maximum Gasteiger partial charge on any atom is 0.330 e. The Labute approximate surface area is 100 Å². The standard InChI is InChI=1S/C15H12N2/c1-2-10-7-8-12-11-5-3-4-6-13(11)15(17-16)14(12)9-10/h3-9H,2H2,1H3. The quantitative estimate of drug-likeness (QED) is 0.445. The molecule has 2 heteroatoms. The molecule has 0 saturated heterocycles. The molecule has 0 aliphatic heterocycles. The Hall–Kier alpha value is -2.18. The molecule has 0 radical (unpaired) electrons. The number of fused-ring (bicyclic) bond motifs is 3. The summed E-state index contributed by atoms with van der Waals surface area (Å²) in [5.74, 6) is 0. The Morgan fingerprint density at radius 1 is 0.941 bits per heavy atom. The highest BCUT2D eigenvalue weighted by molar-refractivity contribution is 6.21. The largest absolute Gasteiger partial charge is 0.361 e. The lowest BCUT2D eigenvalue weighted by molar-refractivity contribution is -0.00243. The van der Waals surface area contributed by atoms with Crippen molar-refractivity contribution < 1.29 is 4.79 Å². The third-order valence-electron chi connectivity index (χ3n) is 3.32. The van der Waals surface area contributed by atoms with E-state index < -0.39 is 0 Å². The molecule has 17 heavy (non-hydrogen) atoms. The Morgan fingerprint density at radius 2 is 1.65 bits per heavy atom. The molecule has 0 saturated carbocycles. The fraction of sp³-hybridized carbons (Fsp3) is 0.133. The second-order valence-corrected chi connectivity index (χ2v) is 4.23. The first kappa shape index (κ1) is 10.0. The molecule has 3 rings (SSSR count). The molecule has 0 bridgehead atoms. The van der Waals surface area contributed by atoms with E-state index in [0.29, 0.717) is 5.71 Å². The van der Waals surface area contributed by atoms with Crippen LogP contribution in [0.3, 0.4) is 0 Å². The normalized spacial score (nSPS) is 11.9. The molecule has 1 aliphatic rings. The molecule has 0 heterocycles. The Balaban J connectivity index is 2.35. The summed E-state index contributed by atoms with van der Waals surface area (Å²) in [4.78, 5) is 3.46. The van der Waals surface area contributed by atoms with Crippen molar-refractivity contribution in [2.75, 3.05) is 0 Å². The van der Waals surface area contributed by atoms with Crippen LogP contribution in [0.5, 0.6) is 0 Å². The van der Waals surface area contributed by atoms with Crippen molar-refractivity contribution >= 4 is 5.71 Å². The van der Waals surface area contributed by atoms with Crippen LogP contribution in [0.4, 0.5) is 0 Å². The SMILES string of the molecule is CCc1ccc2c(c1)C(=[N+]=[N-])c1ccccc1-2. The zero-order valence-electron chi connectivity index (χ0n) is 9.64. The van der Waals surface area contributed by atoms with Crippen LogP contribution in [0.1, 0.15) is 23.6 Å². The van der Waals surface area contributed by atoms with E-state index in [0.717, 1.165) is 28.7 Å². The van der Waals surface area contributed by atoms with Crippen LogP contribution in [-0.4, -0.2) is 10.5 Å². The van der Waals surface area contributed by atoms with Gasteiger partial charge in [0.25, 0.3) is 0 Å². The maximum atomic E-state index is 9.21. The van der Waals surface area contributed by atoms with Gasteiger partial charge in [0.05, 0.1) is 11.1 Å². The first-order valence-electron chi connectivity index (χ1n) is 5.80. The molecule has 0 atom stereocenters. The van der Waals surface area contributed by atoms with E-state index in [2.05, 4.69) is 36.0 Å². The van der Waals surface area contributed by atoms with Crippen molar-refractivity contribution in [3.63, 3.8) is 0 Å². The zero-order chi connectivity index (χ0) is 11.8. The summed E-state index contributed by atoms with van der Waals surface area (Å²) in [6, 6.07) is 14.4. The van der Waals surface area contributed by atoms with Gasteiger partial charge in [-0.2, -0.15) is 4.79 Å². The summed E-state index contributed by atoms with van der Waals surface area (Å²) in [6.07, 6.45) is 0.988. The fourth-order valence-corrected chi connectivity index (χ4v) is 2.42. The van der Waals surface area contributed by atoms with Gasteiger partial charge in [-0.05, 0) is 35.2 Å². The smallest absolute Gasteiger partial charge is 0.330 e. The summed E-state index contributed by atoms with van der Waals surface area (Å²) < 4.78 is 0. The average Bonchev–Trinajstić information content (AvgIpc) is 2.71. The molecule has 0 fully saturated rings. The highest BCUT2D eigenvalue weighted by atomic mass is 14.9. The van der Waals surface area contributed by atoms with E-state index in [1.807, 2.05) is 18.2 Å². The molecule has 2 aromatic rings. The van der Waals surface area contributed by atoms with Gasteiger partial charge in [-0.3, -0.25) is 0 Å². The van der Waals surface area contributed by atoms with Crippen molar-refractivity contribution in [1.82, 2.24) is 0 Å². The zero-order valence-corrected chi connectivity index (χ0v) is 9.64. The van der Waals surface area contributed by atoms with Gasteiger partial charge in [0.2, 0.25) is 0 Å². The van der Waals surface area contributed by atoms with Gasteiger partial charge in [-0.25, -0.2) is 0 Å². The van der Waals surface area contributed by atoms with Crippen LogP contribution in [-0.2, 0) is 6.42 Å². The van der Waals surface area contributed by atoms with E-state index in [4.69, 9.17) is 0 Å². The van der Waals surface area contributed by atoms with Crippen LogP contribution < -0.4 is 0 Å². The minimum atomic E-state index is 0.686. The van der Waals surface area contributed by atoms with Gasteiger partial charge in [0.1, 0.15) is 0 Å². The van der Waals surface area contributed by atoms with E-state index in [1.165, 1.54) is 5.56 Å². The lowest BCUT2D eigenvalue weighted by Gasteiger charge is -2.00. The predicted molar refractivity (Wildman–Crippen MR) is 68.1 cm³/mol. The van der Waals surface area contributed by atoms with E-state index >= 15 is 0 Å². The number of rotatable bonds is 1. The molecule has 0 amide bonds. The van der Waals surface area contributed by atoms with Gasteiger partial charge in [0.15, 0.2) is 0 Å². The van der Waals surface area contributed by atoms with Gasteiger partial charge >= 0.3 is 5.71 Å². The summed E-state index contributed by atoms with van der Waals surface area (Å²) in [5, 5.41) is 0. The fourth-order valence-electron chi connectivity index (χ4n) is 2.42. The summed E-state index contributed by atoms with van der Waals surface area (Å²) >= 11 is 0. The highest BCUT2D eigenvalue weighted by Gasteiger charge is 2.30. The van der Waals surface area contributed by atoms with Crippen LogP contribution in [0.25, 0.3) is 16.7 Å². The third-order valence-corrected chi connectivity index (χ3v) is 3.32. The van der Waals surface area contributed by atoms with Crippen molar-refractivity contribution in [2.45, 2.75) is 13.3 Å². The molecular formula is C15H12N2. The minimum absolute atomic E-state index is 0.686. The molecule has 0 spiro atoms. The third kappa shape index (κ3) is 1.35. The second-order valence-electron chi connectivity index (χ2n) is 4.23. The Bertz CT molecular complexity index is 650. The average molecular weight is 220 g/mol. The van der Waals surface area contributed by atoms with Crippen molar-refractivity contribution in [3.8, 4) is 11.1 Å². The van der Waals surface area contributed by atoms with Crippen molar-refractivity contribution in [2.24, 2.45) is 0 Å². The first-order chi connectivity index (χ1) is 8.35. The highest BCUT2D eigenvalue weighted by Crippen LogP contribution is 2.36. The van der Waals surface area contributed by atoms with E-state index in [-0.39, 0.29) is 0 Å². The number of benzene rings is 2. The lowest BCUT2D eigenvalue weighted by atomic mass is 10.0. The topological polar surface area (TPSA) is 36.4 Å². The number of hydrogen-bond donors (Lipinski definition) is 0. The summed E-state index contributed by atoms with van der Waals surface area (Å²) in [7, 11) is 0. The molecule has 82 valence electrons. The second kappa shape index (κ2) is 3.69. The van der Waals surface area contributed by atoms with E-state index in [9.17, 15) is 5.53 Å². The Kier molecular flexibility index (Phi) is 2.17. The number of aryl methyl sites for hydroxylation is 1. The van der Waals surface area contributed by atoms with Crippen molar-refractivity contribution in [1.29, 1.82) is 0 Å². The van der Waals surface area contributed by atoms with Crippen LogP contribution in [0.15, 0.2) is 42.5 Å². The van der Waals surface area contributed by atoms with E-state index in [1.54, 1.807) is 0 Å². The van der Waals surface area contributed by atoms with Crippen LogP contribution in [0.2, 0.25) is 0 Å². The first-order valence-corrected chi connectivity index (χ1v) is 5.80. The molecule has 0 N–H and O–H groups in total. The molecule has 2 nitrogen and oxygen atoms in total. The molecule has 1 aliphatic carbocycles. The van der Waals surface area contributed by atoms with Gasteiger partial charge in [-0.1, -0.05) is 37.3 Å². The molecule has 0 unspecified atom stereocenters. The summed E-state index contributed by atoms with van der Waals surface area (Å²) in [6.45, 7) is 2.12.